The summed E-state index contributed by atoms with van der Waals surface area (Å²) in [5.41, 5.74) is 0. The number of Topliss-reactive ketones (excluding diaryl/α,β-unsaturated/α-hetero) is 1. The van der Waals surface area contributed by atoms with Gasteiger partial charge in [-0.05, 0) is 12.8 Å². The molecule has 0 aromatic rings. The van der Waals surface area contributed by atoms with Crippen molar-refractivity contribution in [3.05, 3.63) is 0 Å². The van der Waals surface area contributed by atoms with Crippen molar-refractivity contribution in [2.75, 3.05) is 0 Å². The highest BCUT2D eigenvalue weighted by Crippen LogP contribution is 2.12. The number of rotatable bonds is 0. The summed E-state index contributed by atoms with van der Waals surface area (Å²) in [5.74, 6) is 0.464. The number of carbonyl (C=O) groups is 2. The van der Waals surface area contributed by atoms with Gasteiger partial charge in [-0.25, -0.2) is 0 Å². The molecule has 0 aliphatic heterocycles. The monoisotopic (exact) mass is 145 g/mol. The van der Waals surface area contributed by atoms with E-state index in [9.17, 15) is 4.79 Å². The van der Waals surface area contributed by atoms with Crippen LogP contribution in [0.2, 0.25) is 0 Å². The minimum Gasteiger partial charge on any atom is -0.344 e. The molecule has 0 bridgehead atoms. The van der Waals surface area contributed by atoms with Crippen LogP contribution in [-0.4, -0.2) is 12.6 Å². The molecule has 1 fully saturated rings. The van der Waals surface area contributed by atoms with E-state index in [1.807, 2.05) is 6.79 Å². The van der Waals surface area contributed by atoms with E-state index in [0.29, 0.717) is 5.78 Å². The Labute approximate surface area is 61.4 Å². The van der Waals surface area contributed by atoms with Crippen LogP contribution in [0.1, 0.15) is 32.1 Å². The summed E-state index contributed by atoms with van der Waals surface area (Å²) in [5, 5.41) is 0. The maximum atomic E-state index is 10.5. The van der Waals surface area contributed by atoms with Crippen molar-refractivity contribution in [1.29, 1.82) is 0 Å². The lowest BCUT2D eigenvalue weighted by Crippen LogP contribution is -2.02. The van der Waals surface area contributed by atoms with Crippen LogP contribution in [0, 0.1) is 0 Å². The van der Waals surface area contributed by atoms with E-state index >= 15 is 0 Å². The summed E-state index contributed by atoms with van der Waals surface area (Å²) in [6.45, 7) is 2.00. The molecule has 0 aromatic heterocycles. The van der Waals surface area contributed by atoms with Crippen LogP contribution >= 0.6 is 0 Å². The van der Waals surface area contributed by atoms with Gasteiger partial charge in [0.2, 0.25) is 0 Å². The molecule has 0 saturated heterocycles. The smallest absolute Gasteiger partial charge is 0.132 e. The second-order valence-electron chi connectivity index (χ2n) is 2.10. The second-order valence-corrected chi connectivity index (χ2v) is 2.10. The van der Waals surface area contributed by atoms with Gasteiger partial charge >= 0.3 is 0 Å². The molecule has 10 heavy (non-hydrogen) atoms. The molecule has 0 heterocycles. The molecule has 1 rings (SSSR count). The van der Waals surface area contributed by atoms with Crippen LogP contribution in [0.5, 0.6) is 0 Å². The minimum atomic E-state index is 0. The van der Waals surface area contributed by atoms with Crippen molar-refractivity contribution in [3.63, 3.8) is 0 Å². The summed E-state index contributed by atoms with van der Waals surface area (Å²) in [7, 11) is 0. The fourth-order valence-corrected chi connectivity index (χ4v) is 0.946. The van der Waals surface area contributed by atoms with Gasteiger partial charge in [0.1, 0.15) is 12.6 Å². The summed E-state index contributed by atoms with van der Waals surface area (Å²) in [6, 6.07) is 0. The third-order valence-electron chi connectivity index (χ3n) is 1.41. The van der Waals surface area contributed by atoms with Crippen molar-refractivity contribution < 1.29 is 9.59 Å². The zero-order chi connectivity index (χ0) is 7.11. The molecule has 0 atom stereocenters. The normalized spacial score (nSPS) is 16.2. The van der Waals surface area contributed by atoms with E-state index in [0.717, 1.165) is 25.7 Å². The van der Waals surface area contributed by atoms with Gasteiger partial charge in [-0.3, -0.25) is 4.79 Å². The zero-order valence-corrected chi connectivity index (χ0v) is 6.27. The second kappa shape index (κ2) is 8.30. The molecule has 0 aromatic carbocycles. The van der Waals surface area contributed by atoms with E-state index in [4.69, 9.17) is 4.79 Å². The molecule has 1 aliphatic carbocycles. The van der Waals surface area contributed by atoms with Crippen molar-refractivity contribution in [2.24, 2.45) is 0 Å². The topological polar surface area (TPSA) is 69.1 Å². The molecule has 60 valence electrons. The zero-order valence-electron chi connectivity index (χ0n) is 6.27. The molecular weight excluding hydrogens is 130 g/mol. The van der Waals surface area contributed by atoms with E-state index in [1.54, 1.807) is 0 Å². The van der Waals surface area contributed by atoms with Gasteiger partial charge in [-0.2, -0.15) is 0 Å². The Hall–Kier alpha value is -0.700. The average Bonchev–Trinajstić information content (AvgIpc) is 1.94. The largest absolute Gasteiger partial charge is 0.344 e. The van der Waals surface area contributed by atoms with Gasteiger partial charge in [-0.15, -0.1) is 0 Å². The highest BCUT2D eigenvalue weighted by atomic mass is 16.1. The van der Waals surface area contributed by atoms with E-state index in [1.165, 1.54) is 6.42 Å². The number of hydrogen-bond donors (Lipinski definition) is 1. The van der Waals surface area contributed by atoms with Crippen molar-refractivity contribution in [2.45, 2.75) is 32.1 Å². The maximum Gasteiger partial charge on any atom is 0.132 e. The van der Waals surface area contributed by atoms with Gasteiger partial charge in [0.25, 0.3) is 0 Å². The fraction of sp³-hybridized carbons (Fsp3) is 0.714. The van der Waals surface area contributed by atoms with Gasteiger partial charge in [0.05, 0.1) is 0 Å². The van der Waals surface area contributed by atoms with Crippen molar-refractivity contribution >= 4 is 12.6 Å². The Bertz CT molecular complexity index is 85.6. The first kappa shape index (κ1) is 12.0. The van der Waals surface area contributed by atoms with E-state index in [2.05, 4.69) is 0 Å². The SMILES string of the molecule is C=O.N.O=C1CCCCC1. The predicted molar refractivity (Wildman–Crippen MR) is 40.2 cm³/mol. The van der Waals surface area contributed by atoms with Crippen LogP contribution in [0.4, 0.5) is 0 Å². The molecule has 3 nitrogen and oxygen atoms in total. The molecular formula is C7H15NO2. The Kier molecular flexibility index (Phi) is 9.98. The van der Waals surface area contributed by atoms with Gasteiger partial charge < -0.3 is 10.9 Å². The molecule has 3 N–H and O–H groups in total. The third-order valence-corrected chi connectivity index (χ3v) is 1.41. The third kappa shape index (κ3) is 5.44. The lowest BCUT2D eigenvalue weighted by atomic mass is 10.00. The summed E-state index contributed by atoms with van der Waals surface area (Å²) in [4.78, 5) is 18.5. The minimum absolute atomic E-state index is 0. The Balaban J connectivity index is 0. The van der Waals surface area contributed by atoms with Crippen LogP contribution in [-0.2, 0) is 9.59 Å². The molecule has 1 saturated carbocycles. The highest BCUT2D eigenvalue weighted by Gasteiger charge is 2.05. The van der Waals surface area contributed by atoms with Crippen molar-refractivity contribution in [1.82, 2.24) is 6.15 Å². The molecule has 0 amide bonds. The van der Waals surface area contributed by atoms with Crippen LogP contribution < -0.4 is 6.15 Å². The Morgan fingerprint density at radius 3 is 1.60 bits per heavy atom. The van der Waals surface area contributed by atoms with E-state index < -0.39 is 0 Å². The highest BCUT2D eigenvalue weighted by molar-refractivity contribution is 5.78. The Morgan fingerprint density at radius 1 is 1.00 bits per heavy atom. The first-order valence-corrected chi connectivity index (χ1v) is 3.20. The molecule has 3 heteroatoms. The number of ketones is 1. The van der Waals surface area contributed by atoms with Crippen LogP contribution in [0.15, 0.2) is 0 Å². The first-order chi connectivity index (χ1) is 4.39. The first-order valence-electron chi connectivity index (χ1n) is 3.20. The summed E-state index contributed by atoms with van der Waals surface area (Å²) in [6.07, 6.45) is 5.24. The lowest BCUT2D eigenvalue weighted by Gasteiger charge is -2.05. The summed E-state index contributed by atoms with van der Waals surface area (Å²) < 4.78 is 0. The van der Waals surface area contributed by atoms with Gasteiger partial charge in [-0.1, -0.05) is 6.42 Å². The lowest BCUT2D eigenvalue weighted by molar-refractivity contribution is -0.120. The summed E-state index contributed by atoms with van der Waals surface area (Å²) >= 11 is 0. The predicted octanol–water partition coefficient (Wildman–Crippen LogP) is 1.50. The number of hydrogen-bond acceptors (Lipinski definition) is 3. The van der Waals surface area contributed by atoms with Crippen molar-refractivity contribution in [3.8, 4) is 0 Å². The fourth-order valence-electron chi connectivity index (χ4n) is 0.946. The molecule has 1 aliphatic rings. The van der Waals surface area contributed by atoms with E-state index in [-0.39, 0.29) is 6.15 Å². The van der Waals surface area contributed by atoms with Crippen LogP contribution in [0.3, 0.4) is 0 Å². The molecule has 0 spiro atoms. The quantitative estimate of drug-likeness (QED) is 0.561. The van der Waals surface area contributed by atoms with Crippen LogP contribution in [0.25, 0.3) is 0 Å². The average molecular weight is 145 g/mol. The number of carbonyl (C=O) groups excluding carboxylic acids is 2. The molecule has 0 radical (unpaired) electrons. The molecule has 0 unspecified atom stereocenters. The Morgan fingerprint density at radius 2 is 1.40 bits per heavy atom. The standard InChI is InChI=1S/C6H10O.CH2O.H3N/c7-6-4-2-1-3-5-6;1-2;/h1-5H2;1H2;1H3. The van der Waals surface area contributed by atoms with Gasteiger partial charge in [0, 0.05) is 12.8 Å². The van der Waals surface area contributed by atoms with Gasteiger partial charge in [0.15, 0.2) is 0 Å². The maximum absolute atomic E-state index is 10.5.